The topological polar surface area (TPSA) is 93.3 Å². The lowest BCUT2D eigenvalue weighted by Crippen LogP contribution is -2.54. The molecule has 190 valence electrons. The maximum atomic E-state index is 12.7. The minimum atomic E-state index is -0.313. The van der Waals surface area contributed by atoms with E-state index < -0.39 is 0 Å². The van der Waals surface area contributed by atoms with Crippen LogP contribution in [0.3, 0.4) is 0 Å². The fraction of sp³-hybridized carbons (Fsp3) is 0.615. The molecule has 0 bridgehead atoms. The average molecular weight is 484 g/mol. The molecule has 3 saturated heterocycles. The van der Waals surface area contributed by atoms with Gasteiger partial charge in [-0.2, -0.15) is 0 Å². The van der Waals surface area contributed by atoms with Crippen molar-refractivity contribution < 1.29 is 19.2 Å². The van der Waals surface area contributed by atoms with Gasteiger partial charge in [-0.05, 0) is 48.9 Å². The van der Waals surface area contributed by atoms with Crippen molar-refractivity contribution in [2.45, 2.75) is 33.1 Å². The number of carbonyl (C=O) groups is 4. The Morgan fingerprint density at radius 1 is 0.886 bits per heavy atom. The Morgan fingerprint density at radius 3 is 2.14 bits per heavy atom. The van der Waals surface area contributed by atoms with Gasteiger partial charge in [0, 0.05) is 63.5 Å². The summed E-state index contributed by atoms with van der Waals surface area (Å²) in [6.07, 6.45) is 2.59. The predicted molar refractivity (Wildman–Crippen MR) is 133 cm³/mol. The van der Waals surface area contributed by atoms with Crippen LogP contribution in [-0.2, 0) is 14.4 Å². The second-order valence-electron chi connectivity index (χ2n) is 10.3. The van der Waals surface area contributed by atoms with E-state index in [1.807, 2.05) is 4.90 Å². The highest BCUT2D eigenvalue weighted by molar-refractivity contribution is 5.98. The molecule has 4 amide bonds. The van der Waals surface area contributed by atoms with Gasteiger partial charge in [-0.15, -0.1) is 0 Å². The van der Waals surface area contributed by atoms with E-state index in [1.54, 1.807) is 34.1 Å². The summed E-state index contributed by atoms with van der Waals surface area (Å²) in [7, 11) is 0. The molecule has 0 aliphatic carbocycles. The van der Waals surface area contributed by atoms with Gasteiger partial charge in [-0.3, -0.25) is 24.1 Å². The van der Waals surface area contributed by atoms with Gasteiger partial charge in [0.25, 0.3) is 5.91 Å². The lowest BCUT2D eigenvalue weighted by Gasteiger charge is -2.38. The van der Waals surface area contributed by atoms with Crippen molar-refractivity contribution in [3.63, 3.8) is 0 Å². The van der Waals surface area contributed by atoms with E-state index in [9.17, 15) is 19.2 Å². The standard InChI is InChI=1S/C26H37N5O4/c1-19-14-20(2)17-30(16-19)25(34)18-28-10-12-29(13-11-28)24(33)15-27-26(35)21-5-7-22(8-6-21)31-9-3-4-23(31)32/h5-8,19-20H,3-4,9-18H2,1-2H3,(H,27,35)/t19-,20-/m1/s1. The third kappa shape index (κ3) is 6.39. The van der Waals surface area contributed by atoms with Gasteiger partial charge < -0.3 is 20.0 Å². The molecule has 3 aliphatic rings. The molecule has 4 rings (SSSR count). The highest BCUT2D eigenvalue weighted by Gasteiger charge is 2.28. The minimum absolute atomic E-state index is 0.0618. The summed E-state index contributed by atoms with van der Waals surface area (Å²) in [5.41, 5.74) is 1.25. The zero-order chi connectivity index (χ0) is 24.9. The van der Waals surface area contributed by atoms with E-state index in [4.69, 9.17) is 0 Å². The molecular formula is C26H37N5O4. The van der Waals surface area contributed by atoms with Gasteiger partial charge in [0.1, 0.15) is 0 Å². The van der Waals surface area contributed by atoms with E-state index in [0.717, 1.165) is 25.2 Å². The molecule has 2 atom stereocenters. The quantitative estimate of drug-likeness (QED) is 0.656. The fourth-order valence-corrected chi connectivity index (χ4v) is 5.40. The number of amides is 4. The molecule has 0 radical (unpaired) electrons. The number of nitrogens with zero attached hydrogens (tertiary/aromatic N) is 4. The molecule has 0 aromatic heterocycles. The monoisotopic (exact) mass is 483 g/mol. The molecule has 3 heterocycles. The van der Waals surface area contributed by atoms with E-state index in [2.05, 4.69) is 24.1 Å². The summed E-state index contributed by atoms with van der Waals surface area (Å²) >= 11 is 0. The van der Waals surface area contributed by atoms with Gasteiger partial charge in [0.05, 0.1) is 13.1 Å². The van der Waals surface area contributed by atoms with Crippen LogP contribution < -0.4 is 10.2 Å². The molecule has 0 unspecified atom stereocenters. The molecule has 35 heavy (non-hydrogen) atoms. The molecule has 0 spiro atoms. The summed E-state index contributed by atoms with van der Waals surface area (Å²) in [6.45, 7) is 9.52. The molecule has 9 nitrogen and oxygen atoms in total. The number of benzene rings is 1. The smallest absolute Gasteiger partial charge is 0.251 e. The number of piperidine rings is 1. The van der Waals surface area contributed by atoms with Gasteiger partial charge in [0.15, 0.2) is 0 Å². The third-order valence-corrected chi connectivity index (χ3v) is 7.22. The molecule has 9 heteroatoms. The van der Waals surface area contributed by atoms with Crippen molar-refractivity contribution in [3.05, 3.63) is 29.8 Å². The lowest BCUT2D eigenvalue weighted by molar-refractivity contribution is -0.136. The Labute approximate surface area is 207 Å². The molecule has 0 saturated carbocycles. The number of nitrogens with one attached hydrogen (secondary N) is 1. The predicted octanol–water partition coefficient (Wildman–Crippen LogP) is 1.19. The van der Waals surface area contributed by atoms with Crippen LogP contribution in [0.15, 0.2) is 24.3 Å². The first-order valence-electron chi connectivity index (χ1n) is 12.8. The van der Waals surface area contributed by atoms with Crippen LogP contribution in [0.4, 0.5) is 5.69 Å². The van der Waals surface area contributed by atoms with Crippen molar-refractivity contribution in [1.29, 1.82) is 0 Å². The van der Waals surface area contributed by atoms with Crippen LogP contribution >= 0.6 is 0 Å². The zero-order valence-electron chi connectivity index (χ0n) is 20.9. The molecule has 1 aromatic carbocycles. The van der Waals surface area contributed by atoms with Crippen molar-refractivity contribution in [2.75, 3.05) is 63.8 Å². The molecule has 3 fully saturated rings. The van der Waals surface area contributed by atoms with Crippen LogP contribution in [0.2, 0.25) is 0 Å². The first kappa shape index (κ1) is 25.2. The van der Waals surface area contributed by atoms with E-state index in [-0.39, 0.29) is 30.2 Å². The first-order valence-corrected chi connectivity index (χ1v) is 12.8. The number of carbonyl (C=O) groups excluding carboxylic acids is 4. The molecular weight excluding hydrogens is 446 g/mol. The minimum Gasteiger partial charge on any atom is -0.343 e. The summed E-state index contributed by atoms with van der Waals surface area (Å²) in [6, 6.07) is 6.90. The van der Waals surface area contributed by atoms with Crippen molar-refractivity contribution >= 4 is 29.3 Å². The molecule has 1 N–H and O–H groups in total. The second-order valence-corrected chi connectivity index (χ2v) is 10.3. The second kappa shape index (κ2) is 11.2. The maximum absolute atomic E-state index is 12.7. The largest absolute Gasteiger partial charge is 0.343 e. The number of rotatable bonds is 6. The number of piperazine rings is 1. The normalized spacial score (nSPS) is 23.5. The summed E-state index contributed by atoms with van der Waals surface area (Å²) in [4.78, 5) is 57.3. The Kier molecular flexibility index (Phi) is 8.05. The van der Waals surface area contributed by atoms with Gasteiger partial charge in [0.2, 0.25) is 17.7 Å². The molecule has 1 aromatic rings. The van der Waals surface area contributed by atoms with Crippen LogP contribution in [-0.4, -0.2) is 97.2 Å². The maximum Gasteiger partial charge on any atom is 0.251 e. The Bertz CT molecular complexity index is 932. The van der Waals surface area contributed by atoms with Crippen molar-refractivity contribution in [1.82, 2.24) is 20.0 Å². The highest BCUT2D eigenvalue weighted by Crippen LogP contribution is 2.22. The Balaban J connectivity index is 1.18. The van der Waals surface area contributed by atoms with Crippen molar-refractivity contribution in [2.24, 2.45) is 11.8 Å². The van der Waals surface area contributed by atoms with Gasteiger partial charge >= 0.3 is 0 Å². The first-order chi connectivity index (χ1) is 16.8. The van der Waals surface area contributed by atoms with Gasteiger partial charge in [-0.1, -0.05) is 13.8 Å². The number of hydrogen-bond donors (Lipinski definition) is 1. The number of hydrogen-bond acceptors (Lipinski definition) is 5. The zero-order valence-corrected chi connectivity index (χ0v) is 20.9. The average Bonchev–Trinajstić information content (AvgIpc) is 3.28. The lowest BCUT2D eigenvalue weighted by atomic mass is 9.92. The van der Waals surface area contributed by atoms with Crippen LogP contribution in [0.25, 0.3) is 0 Å². The third-order valence-electron chi connectivity index (χ3n) is 7.22. The van der Waals surface area contributed by atoms with E-state index >= 15 is 0 Å². The summed E-state index contributed by atoms with van der Waals surface area (Å²) in [5, 5.41) is 2.70. The van der Waals surface area contributed by atoms with E-state index in [0.29, 0.717) is 63.1 Å². The summed E-state index contributed by atoms with van der Waals surface area (Å²) < 4.78 is 0. The summed E-state index contributed by atoms with van der Waals surface area (Å²) in [5.74, 6) is 0.928. The van der Waals surface area contributed by atoms with Crippen LogP contribution in [0, 0.1) is 11.8 Å². The Hall–Kier alpha value is -2.94. The van der Waals surface area contributed by atoms with Crippen LogP contribution in [0.5, 0.6) is 0 Å². The van der Waals surface area contributed by atoms with E-state index in [1.165, 1.54) is 6.42 Å². The van der Waals surface area contributed by atoms with Crippen LogP contribution in [0.1, 0.15) is 43.5 Å². The fourth-order valence-electron chi connectivity index (χ4n) is 5.40. The molecule has 3 aliphatic heterocycles. The SMILES string of the molecule is C[C@@H]1C[C@@H](C)CN(C(=O)CN2CCN(C(=O)CNC(=O)c3ccc(N4CCCC4=O)cc3)CC2)C1. The number of anilines is 1. The van der Waals surface area contributed by atoms with Gasteiger partial charge in [-0.25, -0.2) is 0 Å². The number of likely N-dealkylation sites (tertiary alicyclic amines) is 1. The highest BCUT2D eigenvalue weighted by atomic mass is 16.2. The Morgan fingerprint density at radius 2 is 1.54 bits per heavy atom. The van der Waals surface area contributed by atoms with Crippen molar-refractivity contribution in [3.8, 4) is 0 Å².